The van der Waals surface area contributed by atoms with E-state index in [0.717, 1.165) is 38.3 Å². The zero-order chi connectivity index (χ0) is 14.9. The van der Waals surface area contributed by atoms with Crippen LogP contribution in [0.15, 0.2) is 4.47 Å². The van der Waals surface area contributed by atoms with E-state index in [-0.39, 0.29) is 5.54 Å². The molecule has 114 valence electrons. The summed E-state index contributed by atoms with van der Waals surface area (Å²) >= 11 is 3.72. The van der Waals surface area contributed by atoms with E-state index in [0.29, 0.717) is 6.04 Å². The van der Waals surface area contributed by atoms with Crippen LogP contribution in [-0.2, 0) is 13.1 Å². The van der Waals surface area contributed by atoms with E-state index in [4.69, 9.17) is 0 Å². The Balaban J connectivity index is 2.27. The van der Waals surface area contributed by atoms with Crippen LogP contribution in [0.5, 0.6) is 0 Å². The van der Waals surface area contributed by atoms with E-state index in [1.165, 1.54) is 10.2 Å². The molecule has 0 radical (unpaired) electrons. The average Bonchev–Trinajstić information content (AvgIpc) is 2.70. The van der Waals surface area contributed by atoms with E-state index in [1.807, 2.05) is 0 Å². The molecule has 1 aliphatic heterocycles. The van der Waals surface area contributed by atoms with Crippen LogP contribution in [0.1, 0.15) is 45.5 Å². The van der Waals surface area contributed by atoms with Gasteiger partial charge in [-0.2, -0.15) is 5.10 Å². The molecule has 1 aromatic rings. The summed E-state index contributed by atoms with van der Waals surface area (Å²) in [6.07, 6.45) is 1.16. The summed E-state index contributed by atoms with van der Waals surface area (Å²) in [5, 5.41) is 8.23. The van der Waals surface area contributed by atoms with Gasteiger partial charge >= 0.3 is 0 Å². The number of aromatic nitrogens is 2. The maximum absolute atomic E-state index is 4.61. The number of nitrogens with one attached hydrogen (secondary N) is 1. The van der Waals surface area contributed by atoms with Gasteiger partial charge in [0.05, 0.1) is 15.9 Å². The van der Waals surface area contributed by atoms with Gasteiger partial charge in [-0.15, -0.1) is 0 Å². The number of piperazine rings is 1. The Hall–Kier alpha value is -0.390. The van der Waals surface area contributed by atoms with Gasteiger partial charge in [0, 0.05) is 37.8 Å². The molecule has 0 aromatic carbocycles. The molecular formula is C15H27BrN4. The largest absolute Gasteiger partial charge is 0.311 e. The number of aryl methyl sites for hydroxylation is 2. The fourth-order valence-electron chi connectivity index (χ4n) is 2.93. The summed E-state index contributed by atoms with van der Waals surface area (Å²) in [6.45, 7) is 15.2. The van der Waals surface area contributed by atoms with E-state index in [2.05, 4.69) is 70.5 Å². The van der Waals surface area contributed by atoms with Gasteiger partial charge in [-0.05, 0) is 50.0 Å². The van der Waals surface area contributed by atoms with Crippen LogP contribution in [0, 0.1) is 6.92 Å². The highest BCUT2D eigenvalue weighted by Gasteiger charge is 2.35. The monoisotopic (exact) mass is 342 g/mol. The number of nitrogens with zero attached hydrogens (tertiary/aromatic N) is 3. The predicted octanol–water partition coefficient (Wildman–Crippen LogP) is 2.94. The van der Waals surface area contributed by atoms with Gasteiger partial charge in [-0.25, -0.2) is 0 Å². The zero-order valence-corrected chi connectivity index (χ0v) is 14.9. The third-order valence-corrected chi connectivity index (χ3v) is 5.68. The number of rotatable bonds is 4. The van der Waals surface area contributed by atoms with Crippen molar-refractivity contribution in [2.75, 3.05) is 13.1 Å². The molecule has 0 aliphatic carbocycles. The lowest BCUT2D eigenvalue weighted by Crippen LogP contribution is -2.62. The molecule has 2 unspecified atom stereocenters. The maximum atomic E-state index is 4.61. The van der Waals surface area contributed by atoms with Crippen molar-refractivity contribution in [3.8, 4) is 0 Å². The third kappa shape index (κ3) is 2.95. The van der Waals surface area contributed by atoms with Crippen molar-refractivity contribution < 1.29 is 0 Å². The fraction of sp³-hybridized carbons (Fsp3) is 0.800. The molecular weight excluding hydrogens is 316 g/mol. The lowest BCUT2D eigenvalue weighted by atomic mass is 9.92. The molecule has 1 saturated heterocycles. The van der Waals surface area contributed by atoms with Crippen LogP contribution < -0.4 is 5.32 Å². The summed E-state index contributed by atoms with van der Waals surface area (Å²) in [4.78, 5) is 2.61. The zero-order valence-electron chi connectivity index (χ0n) is 13.3. The minimum absolute atomic E-state index is 0.225. The second-order valence-corrected chi connectivity index (χ2v) is 6.97. The molecule has 20 heavy (non-hydrogen) atoms. The fourth-order valence-corrected chi connectivity index (χ4v) is 3.34. The molecule has 2 heterocycles. The second-order valence-electron chi connectivity index (χ2n) is 6.17. The first-order valence-electron chi connectivity index (χ1n) is 7.61. The van der Waals surface area contributed by atoms with Crippen molar-refractivity contribution in [1.29, 1.82) is 0 Å². The molecule has 1 aromatic heterocycles. The van der Waals surface area contributed by atoms with Crippen LogP contribution in [0.4, 0.5) is 0 Å². The van der Waals surface area contributed by atoms with Crippen LogP contribution in [-0.4, -0.2) is 39.4 Å². The van der Waals surface area contributed by atoms with Gasteiger partial charge in [0.25, 0.3) is 0 Å². The molecule has 1 aliphatic rings. The van der Waals surface area contributed by atoms with E-state index in [9.17, 15) is 0 Å². The van der Waals surface area contributed by atoms with Gasteiger partial charge in [0.15, 0.2) is 0 Å². The van der Waals surface area contributed by atoms with Crippen molar-refractivity contribution >= 4 is 15.9 Å². The molecule has 0 saturated carbocycles. The first-order chi connectivity index (χ1) is 9.41. The van der Waals surface area contributed by atoms with Gasteiger partial charge < -0.3 is 5.32 Å². The number of hydrogen-bond donors (Lipinski definition) is 1. The minimum atomic E-state index is 0.225. The Morgan fingerprint density at radius 2 is 2.15 bits per heavy atom. The quantitative estimate of drug-likeness (QED) is 0.913. The Morgan fingerprint density at radius 3 is 2.75 bits per heavy atom. The van der Waals surface area contributed by atoms with E-state index in [1.54, 1.807) is 0 Å². The molecule has 4 nitrogen and oxygen atoms in total. The van der Waals surface area contributed by atoms with Gasteiger partial charge in [-0.3, -0.25) is 9.58 Å². The molecule has 0 amide bonds. The highest BCUT2D eigenvalue weighted by Crippen LogP contribution is 2.28. The van der Waals surface area contributed by atoms with Crippen molar-refractivity contribution in [3.63, 3.8) is 0 Å². The lowest BCUT2D eigenvalue weighted by molar-refractivity contribution is 0.0428. The highest BCUT2D eigenvalue weighted by atomic mass is 79.9. The number of halogens is 1. The van der Waals surface area contributed by atoms with E-state index < -0.39 is 0 Å². The van der Waals surface area contributed by atoms with Gasteiger partial charge in [-0.1, -0.05) is 6.92 Å². The highest BCUT2D eigenvalue weighted by molar-refractivity contribution is 9.10. The molecule has 2 rings (SSSR count). The molecule has 0 spiro atoms. The SMILES string of the molecule is CCn1nc(C)c(Br)c1CN1CC(C)NCC1(C)CC. The smallest absolute Gasteiger partial charge is 0.0739 e. The molecule has 1 fully saturated rings. The summed E-state index contributed by atoms with van der Waals surface area (Å²) in [5.41, 5.74) is 2.62. The summed E-state index contributed by atoms with van der Waals surface area (Å²) in [6, 6.07) is 0.549. The van der Waals surface area contributed by atoms with Crippen LogP contribution >= 0.6 is 15.9 Å². The predicted molar refractivity (Wildman–Crippen MR) is 86.9 cm³/mol. The average molecular weight is 343 g/mol. The van der Waals surface area contributed by atoms with Crippen molar-refractivity contribution in [3.05, 3.63) is 15.9 Å². The third-order valence-electron chi connectivity index (χ3n) is 4.64. The molecule has 1 N–H and O–H groups in total. The molecule has 5 heteroatoms. The maximum Gasteiger partial charge on any atom is 0.0739 e. The topological polar surface area (TPSA) is 33.1 Å². The second kappa shape index (κ2) is 6.16. The summed E-state index contributed by atoms with van der Waals surface area (Å²) in [5.74, 6) is 0. The Labute approximate surface area is 131 Å². The molecule has 2 atom stereocenters. The van der Waals surface area contributed by atoms with Gasteiger partial charge in [0.1, 0.15) is 0 Å². The summed E-state index contributed by atoms with van der Waals surface area (Å²) in [7, 11) is 0. The van der Waals surface area contributed by atoms with E-state index >= 15 is 0 Å². The van der Waals surface area contributed by atoms with Crippen molar-refractivity contribution in [2.24, 2.45) is 0 Å². The van der Waals surface area contributed by atoms with Crippen molar-refractivity contribution in [2.45, 2.75) is 65.7 Å². The van der Waals surface area contributed by atoms with Crippen LogP contribution in [0.2, 0.25) is 0 Å². The Morgan fingerprint density at radius 1 is 1.45 bits per heavy atom. The van der Waals surface area contributed by atoms with Gasteiger partial charge in [0.2, 0.25) is 0 Å². The lowest BCUT2D eigenvalue weighted by Gasteiger charge is -2.47. The Bertz CT molecular complexity index is 471. The normalized spacial score (nSPS) is 28.0. The minimum Gasteiger partial charge on any atom is -0.311 e. The Kier molecular flexibility index (Phi) is 4.92. The first kappa shape index (κ1) is 16.0. The summed E-state index contributed by atoms with van der Waals surface area (Å²) < 4.78 is 3.30. The van der Waals surface area contributed by atoms with Crippen LogP contribution in [0.25, 0.3) is 0 Å². The van der Waals surface area contributed by atoms with Crippen LogP contribution in [0.3, 0.4) is 0 Å². The standard InChI is InChI=1S/C15H27BrN4/c1-6-15(5)10-17-11(3)8-19(15)9-13-14(16)12(4)18-20(13)7-2/h11,17H,6-10H2,1-5H3. The first-order valence-corrected chi connectivity index (χ1v) is 8.40. The number of hydrogen-bond acceptors (Lipinski definition) is 3. The molecule has 0 bridgehead atoms. The van der Waals surface area contributed by atoms with Crippen molar-refractivity contribution in [1.82, 2.24) is 20.0 Å².